The molecule has 0 aliphatic carbocycles. The molecular formula is C17H19N3O3S. The predicted molar refractivity (Wildman–Crippen MR) is 93.7 cm³/mol. The van der Waals surface area contributed by atoms with Crippen LogP contribution in [0.15, 0.2) is 53.4 Å². The van der Waals surface area contributed by atoms with Gasteiger partial charge in [-0.2, -0.15) is 0 Å². The second kappa shape index (κ2) is 6.52. The lowest BCUT2D eigenvalue weighted by molar-refractivity contribution is -0.120. The summed E-state index contributed by atoms with van der Waals surface area (Å²) in [5.41, 5.74) is 2.16. The van der Waals surface area contributed by atoms with Gasteiger partial charge in [-0.3, -0.25) is 9.52 Å². The van der Waals surface area contributed by atoms with Gasteiger partial charge in [0.2, 0.25) is 5.91 Å². The topological polar surface area (TPSA) is 78.5 Å². The standard InChI is InChI=1S/C17H19N3O3S/c1-13-6-8-14(9-7-13)24(22,23)19-15-4-2-3-5-16(15)20-11-10-18-17(21)12-20/h2-9,19H,10-12H2,1H3,(H,18,21). The molecule has 1 fully saturated rings. The number of aryl methyl sites for hydroxylation is 1. The molecule has 24 heavy (non-hydrogen) atoms. The van der Waals surface area contributed by atoms with E-state index in [1.165, 1.54) is 0 Å². The van der Waals surface area contributed by atoms with Gasteiger partial charge in [0.15, 0.2) is 0 Å². The number of hydrogen-bond donors (Lipinski definition) is 2. The lowest BCUT2D eigenvalue weighted by atomic mass is 10.2. The van der Waals surface area contributed by atoms with Crippen LogP contribution in [-0.2, 0) is 14.8 Å². The number of nitrogens with zero attached hydrogens (tertiary/aromatic N) is 1. The van der Waals surface area contributed by atoms with Crippen molar-refractivity contribution in [3.63, 3.8) is 0 Å². The summed E-state index contributed by atoms with van der Waals surface area (Å²) in [7, 11) is -3.68. The third-order valence-corrected chi connectivity index (χ3v) is 5.24. The number of carbonyl (C=O) groups is 1. The third-order valence-electron chi connectivity index (χ3n) is 3.86. The third kappa shape index (κ3) is 3.51. The highest BCUT2D eigenvalue weighted by Crippen LogP contribution is 2.28. The molecular weight excluding hydrogens is 326 g/mol. The van der Waals surface area contributed by atoms with Crippen molar-refractivity contribution >= 4 is 27.3 Å². The van der Waals surface area contributed by atoms with E-state index in [0.717, 1.165) is 5.56 Å². The molecule has 1 amide bonds. The molecule has 6 nitrogen and oxygen atoms in total. The number of rotatable bonds is 4. The quantitative estimate of drug-likeness (QED) is 0.885. The fourth-order valence-corrected chi connectivity index (χ4v) is 3.68. The lowest BCUT2D eigenvalue weighted by Crippen LogP contribution is -2.47. The van der Waals surface area contributed by atoms with Crippen molar-refractivity contribution in [1.82, 2.24) is 5.32 Å². The van der Waals surface area contributed by atoms with E-state index in [0.29, 0.717) is 24.5 Å². The molecule has 1 aliphatic heterocycles. The molecule has 1 saturated heterocycles. The SMILES string of the molecule is Cc1ccc(S(=O)(=O)Nc2ccccc2N2CCNC(=O)C2)cc1. The zero-order valence-electron chi connectivity index (χ0n) is 13.3. The van der Waals surface area contributed by atoms with E-state index in [-0.39, 0.29) is 17.3 Å². The number of benzene rings is 2. The predicted octanol–water partition coefficient (Wildman–Crippen LogP) is 1.73. The van der Waals surface area contributed by atoms with E-state index in [2.05, 4.69) is 10.0 Å². The fraction of sp³-hybridized carbons (Fsp3) is 0.235. The van der Waals surface area contributed by atoms with Crippen molar-refractivity contribution < 1.29 is 13.2 Å². The van der Waals surface area contributed by atoms with Gasteiger partial charge in [0.25, 0.3) is 10.0 Å². The first-order valence-electron chi connectivity index (χ1n) is 7.66. The fourth-order valence-electron chi connectivity index (χ4n) is 2.60. The van der Waals surface area contributed by atoms with Gasteiger partial charge in [-0.15, -0.1) is 0 Å². The maximum atomic E-state index is 12.6. The molecule has 0 bridgehead atoms. The van der Waals surface area contributed by atoms with Gasteiger partial charge in [0.1, 0.15) is 0 Å². The van der Waals surface area contributed by atoms with Crippen LogP contribution in [0.3, 0.4) is 0 Å². The average molecular weight is 345 g/mol. The molecule has 3 rings (SSSR count). The Balaban J connectivity index is 1.90. The molecule has 1 aliphatic rings. The molecule has 2 N–H and O–H groups in total. The molecule has 0 atom stereocenters. The minimum atomic E-state index is -3.68. The van der Waals surface area contributed by atoms with Crippen LogP contribution in [0.2, 0.25) is 0 Å². The number of carbonyl (C=O) groups excluding carboxylic acids is 1. The molecule has 0 unspecified atom stereocenters. The van der Waals surface area contributed by atoms with Crippen molar-refractivity contribution in [2.45, 2.75) is 11.8 Å². The number of nitrogens with one attached hydrogen (secondary N) is 2. The summed E-state index contributed by atoms with van der Waals surface area (Å²) in [5.74, 6) is -0.0718. The summed E-state index contributed by atoms with van der Waals surface area (Å²) >= 11 is 0. The summed E-state index contributed by atoms with van der Waals surface area (Å²) in [4.78, 5) is 13.7. The molecule has 1 heterocycles. The molecule has 0 radical (unpaired) electrons. The largest absolute Gasteiger partial charge is 0.359 e. The summed E-state index contributed by atoms with van der Waals surface area (Å²) in [6, 6.07) is 13.8. The van der Waals surface area contributed by atoms with Crippen LogP contribution in [-0.4, -0.2) is 34.0 Å². The van der Waals surface area contributed by atoms with Crippen LogP contribution < -0.4 is 14.9 Å². The Labute approximate surface area is 141 Å². The average Bonchev–Trinajstić information content (AvgIpc) is 2.55. The minimum absolute atomic E-state index is 0.0718. The highest BCUT2D eigenvalue weighted by molar-refractivity contribution is 7.92. The van der Waals surface area contributed by atoms with Gasteiger partial charge in [-0.1, -0.05) is 29.8 Å². The number of piperazine rings is 1. The molecule has 2 aromatic carbocycles. The van der Waals surface area contributed by atoms with Crippen molar-refractivity contribution in [3.05, 3.63) is 54.1 Å². The Morgan fingerprint density at radius 2 is 1.79 bits per heavy atom. The molecule has 2 aromatic rings. The molecule has 0 aromatic heterocycles. The second-order valence-electron chi connectivity index (χ2n) is 5.71. The zero-order valence-corrected chi connectivity index (χ0v) is 14.1. The van der Waals surface area contributed by atoms with Crippen molar-refractivity contribution in [2.24, 2.45) is 0 Å². The first-order valence-corrected chi connectivity index (χ1v) is 9.14. The Morgan fingerprint density at radius 3 is 2.50 bits per heavy atom. The lowest BCUT2D eigenvalue weighted by Gasteiger charge is -2.30. The highest BCUT2D eigenvalue weighted by atomic mass is 32.2. The summed E-state index contributed by atoms with van der Waals surface area (Å²) < 4.78 is 27.8. The minimum Gasteiger partial charge on any atom is -0.359 e. The normalized spacial score (nSPS) is 15.0. The number of anilines is 2. The second-order valence-corrected chi connectivity index (χ2v) is 7.39. The van der Waals surface area contributed by atoms with Crippen LogP contribution in [0.5, 0.6) is 0 Å². The van der Waals surface area contributed by atoms with E-state index in [9.17, 15) is 13.2 Å². The number of sulfonamides is 1. The van der Waals surface area contributed by atoms with E-state index >= 15 is 0 Å². The van der Waals surface area contributed by atoms with Crippen molar-refractivity contribution in [1.29, 1.82) is 0 Å². The maximum Gasteiger partial charge on any atom is 0.261 e. The smallest absolute Gasteiger partial charge is 0.261 e. The van der Waals surface area contributed by atoms with Gasteiger partial charge in [0.05, 0.1) is 22.8 Å². The summed E-state index contributed by atoms with van der Waals surface area (Å²) in [6.07, 6.45) is 0. The summed E-state index contributed by atoms with van der Waals surface area (Å²) in [5, 5.41) is 2.76. The van der Waals surface area contributed by atoms with Crippen LogP contribution in [0.1, 0.15) is 5.56 Å². The van der Waals surface area contributed by atoms with Crippen molar-refractivity contribution in [2.75, 3.05) is 29.3 Å². The Bertz CT molecular complexity index is 848. The number of hydrogen-bond acceptors (Lipinski definition) is 4. The van der Waals surface area contributed by atoms with Gasteiger partial charge in [-0.05, 0) is 31.2 Å². The van der Waals surface area contributed by atoms with E-state index in [1.54, 1.807) is 36.4 Å². The van der Waals surface area contributed by atoms with E-state index < -0.39 is 10.0 Å². The van der Waals surface area contributed by atoms with Crippen LogP contribution >= 0.6 is 0 Å². The first kappa shape index (κ1) is 16.3. The van der Waals surface area contributed by atoms with Crippen LogP contribution in [0.4, 0.5) is 11.4 Å². The van der Waals surface area contributed by atoms with Gasteiger partial charge in [-0.25, -0.2) is 8.42 Å². The number of amides is 1. The van der Waals surface area contributed by atoms with Crippen LogP contribution in [0.25, 0.3) is 0 Å². The maximum absolute atomic E-state index is 12.6. The van der Waals surface area contributed by atoms with E-state index in [1.807, 2.05) is 24.0 Å². The monoisotopic (exact) mass is 345 g/mol. The van der Waals surface area contributed by atoms with Crippen molar-refractivity contribution in [3.8, 4) is 0 Å². The molecule has 7 heteroatoms. The summed E-state index contributed by atoms with van der Waals surface area (Å²) in [6.45, 7) is 3.29. The van der Waals surface area contributed by atoms with Gasteiger partial charge >= 0.3 is 0 Å². The van der Waals surface area contributed by atoms with Gasteiger partial charge in [0, 0.05) is 13.1 Å². The Morgan fingerprint density at radius 1 is 1.08 bits per heavy atom. The molecule has 0 saturated carbocycles. The zero-order chi connectivity index (χ0) is 17.2. The molecule has 0 spiro atoms. The Hall–Kier alpha value is -2.54. The Kier molecular flexibility index (Phi) is 4.44. The molecule has 126 valence electrons. The van der Waals surface area contributed by atoms with E-state index in [4.69, 9.17) is 0 Å². The first-order chi connectivity index (χ1) is 11.5. The van der Waals surface area contributed by atoms with Gasteiger partial charge < -0.3 is 10.2 Å². The van der Waals surface area contributed by atoms with Crippen LogP contribution in [0, 0.1) is 6.92 Å². The highest BCUT2D eigenvalue weighted by Gasteiger charge is 2.21. The number of para-hydroxylation sites is 2.